The topological polar surface area (TPSA) is 17.3 Å². The molecule has 2 heterocycles. The number of rotatable bonds is 0. The van der Waals surface area contributed by atoms with E-state index >= 15 is 0 Å². The third-order valence-electron chi connectivity index (χ3n) is 2.25. The first kappa shape index (κ1) is 5.77. The fourth-order valence-electron chi connectivity index (χ4n) is 1.75. The van der Waals surface area contributed by atoms with Gasteiger partial charge in [-0.1, -0.05) is 0 Å². The zero-order valence-corrected chi connectivity index (χ0v) is 6.90. The first-order valence-electron chi connectivity index (χ1n) is 3.89. The van der Waals surface area contributed by atoms with Gasteiger partial charge in [0.25, 0.3) is 0 Å². The highest BCUT2D eigenvalue weighted by atomic mass is 32.1. The van der Waals surface area contributed by atoms with Crippen LogP contribution in [0.1, 0.15) is 17.0 Å². The van der Waals surface area contributed by atoms with Crippen molar-refractivity contribution >= 4 is 16.3 Å². The molecule has 56 valence electrons. The Kier molecular flexibility index (Phi) is 0.973. The molecule has 0 aromatic carbocycles. The molecule has 1 aliphatic carbocycles. The summed E-state index contributed by atoms with van der Waals surface area (Å²) in [5.74, 6) is 0. The van der Waals surface area contributed by atoms with Crippen LogP contribution in [0.25, 0.3) is 4.96 Å². The summed E-state index contributed by atoms with van der Waals surface area (Å²) >= 11 is 1.84. The van der Waals surface area contributed by atoms with Crippen molar-refractivity contribution in [3.63, 3.8) is 0 Å². The minimum Gasteiger partial charge on any atom is -0.294 e. The lowest BCUT2D eigenvalue weighted by Gasteiger charge is -1.88. The lowest BCUT2D eigenvalue weighted by molar-refractivity contribution is 0.888. The summed E-state index contributed by atoms with van der Waals surface area (Å²) in [6.07, 6.45) is 7.78. The minimum absolute atomic E-state index is 1.16. The molecule has 0 radical (unpaired) electrons. The van der Waals surface area contributed by atoms with Gasteiger partial charge in [-0.25, -0.2) is 4.98 Å². The number of aromatic nitrogens is 2. The molecule has 1 aliphatic rings. The molecule has 0 bridgehead atoms. The molecule has 2 nitrogen and oxygen atoms in total. The van der Waals surface area contributed by atoms with Crippen molar-refractivity contribution in [1.29, 1.82) is 0 Å². The normalized spacial score (nSPS) is 16.0. The van der Waals surface area contributed by atoms with Gasteiger partial charge in [0.15, 0.2) is 4.96 Å². The predicted molar refractivity (Wildman–Crippen MR) is 45.1 cm³/mol. The van der Waals surface area contributed by atoms with Gasteiger partial charge in [-0.3, -0.25) is 4.40 Å². The van der Waals surface area contributed by atoms with Gasteiger partial charge < -0.3 is 0 Å². The molecule has 0 fully saturated rings. The summed E-state index contributed by atoms with van der Waals surface area (Å²) < 4.78 is 2.23. The van der Waals surface area contributed by atoms with Crippen LogP contribution < -0.4 is 0 Å². The SMILES string of the molecule is c1cn2c3c(sc2n1)CCC3. The quantitative estimate of drug-likeness (QED) is 0.581. The molecular formula is C8H8N2S. The Hall–Kier alpha value is -0.830. The van der Waals surface area contributed by atoms with Crippen LogP contribution in [0.2, 0.25) is 0 Å². The zero-order valence-electron chi connectivity index (χ0n) is 6.08. The number of fused-ring (bicyclic) bond motifs is 3. The summed E-state index contributed by atoms with van der Waals surface area (Å²) in [5.41, 5.74) is 1.50. The van der Waals surface area contributed by atoms with Crippen LogP contribution in [-0.4, -0.2) is 9.38 Å². The van der Waals surface area contributed by atoms with E-state index in [1.165, 1.54) is 25.0 Å². The fourth-order valence-corrected chi connectivity index (χ4v) is 2.91. The maximum atomic E-state index is 4.26. The highest BCUT2D eigenvalue weighted by Gasteiger charge is 2.17. The van der Waals surface area contributed by atoms with Gasteiger partial charge in [0.1, 0.15) is 0 Å². The van der Waals surface area contributed by atoms with E-state index in [0.29, 0.717) is 0 Å². The van der Waals surface area contributed by atoms with E-state index in [4.69, 9.17) is 0 Å². The second-order valence-corrected chi connectivity index (χ2v) is 3.97. The van der Waals surface area contributed by atoms with Crippen LogP contribution in [0, 0.1) is 0 Å². The summed E-state index contributed by atoms with van der Waals surface area (Å²) in [5, 5.41) is 0. The van der Waals surface area contributed by atoms with Crippen molar-refractivity contribution in [1.82, 2.24) is 9.38 Å². The fraction of sp³-hybridized carbons (Fsp3) is 0.375. The number of imidazole rings is 1. The molecule has 2 aromatic rings. The van der Waals surface area contributed by atoms with Crippen molar-refractivity contribution < 1.29 is 0 Å². The lowest BCUT2D eigenvalue weighted by atomic mass is 10.4. The maximum Gasteiger partial charge on any atom is 0.194 e. The highest BCUT2D eigenvalue weighted by Crippen LogP contribution is 2.29. The molecule has 0 saturated heterocycles. The predicted octanol–water partition coefficient (Wildman–Crippen LogP) is 1.88. The van der Waals surface area contributed by atoms with Crippen molar-refractivity contribution in [2.75, 3.05) is 0 Å². The van der Waals surface area contributed by atoms with Gasteiger partial charge in [-0.05, 0) is 19.3 Å². The Morgan fingerprint density at radius 3 is 3.45 bits per heavy atom. The highest BCUT2D eigenvalue weighted by molar-refractivity contribution is 7.17. The van der Waals surface area contributed by atoms with Gasteiger partial charge in [0, 0.05) is 23.0 Å². The van der Waals surface area contributed by atoms with Gasteiger partial charge in [-0.15, -0.1) is 11.3 Å². The first-order valence-corrected chi connectivity index (χ1v) is 4.70. The third-order valence-corrected chi connectivity index (χ3v) is 3.42. The van der Waals surface area contributed by atoms with Crippen molar-refractivity contribution in [2.45, 2.75) is 19.3 Å². The standard InChI is InChI=1S/C8H8N2S/c1-2-6-7(3-1)11-8-9-4-5-10(6)8/h4-5H,1-3H2. The van der Waals surface area contributed by atoms with E-state index in [9.17, 15) is 0 Å². The van der Waals surface area contributed by atoms with E-state index in [2.05, 4.69) is 15.6 Å². The average Bonchev–Trinajstić information content (AvgIpc) is 2.52. The molecule has 0 amide bonds. The first-order chi connectivity index (χ1) is 5.45. The number of hydrogen-bond donors (Lipinski definition) is 0. The van der Waals surface area contributed by atoms with Crippen molar-refractivity contribution in [2.24, 2.45) is 0 Å². The molecular weight excluding hydrogens is 156 g/mol. The zero-order chi connectivity index (χ0) is 7.26. The molecule has 0 saturated carbocycles. The summed E-state index contributed by atoms with van der Waals surface area (Å²) in [7, 11) is 0. The maximum absolute atomic E-state index is 4.26. The minimum atomic E-state index is 1.16. The number of aryl methyl sites for hydroxylation is 2. The Bertz CT molecular complexity index is 399. The average molecular weight is 164 g/mol. The van der Waals surface area contributed by atoms with Crippen LogP contribution in [-0.2, 0) is 12.8 Å². The summed E-state index contributed by atoms with van der Waals surface area (Å²) in [6.45, 7) is 0. The van der Waals surface area contributed by atoms with E-state index in [1.807, 2.05) is 17.5 Å². The Morgan fingerprint density at radius 1 is 1.45 bits per heavy atom. The number of nitrogens with zero attached hydrogens (tertiary/aromatic N) is 2. The van der Waals surface area contributed by atoms with Crippen molar-refractivity contribution in [3.05, 3.63) is 23.0 Å². The second kappa shape index (κ2) is 1.85. The van der Waals surface area contributed by atoms with Crippen LogP contribution in [0.3, 0.4) is 0 Å². The Labute approximate surface area is 68.5 Å². The second-order valence-electron chi connectivity index (χ2n) is 2.91. The van der Waals surface area contributed by atoms with E-state index < -0.39 is 0 Å². The molecule has 3 heteroatoms. The van der Waals surface area contributed by atoms with Gasteiger partial charge in [0.05, 0.1) is 0 Å². The molecule has 2 aromatic heterocycles. The number of hydrogen-bond acceptors (Lipinski definition) is 2. The van der Waals surface area contributed by atoms with E-state index in [0.717, 1.165) is 4.96 Å². The van der Waals surface area contributed by atoms with Gasteiger partial charge >= 0.3 is 0 Å². The third kappa shape index (κ3) is 0.639. The lowest BCUT2D eigenvalue weighted by Crippen LogP contribution is -1.84. The van der Waals surface area contributed by atoms with Crippen LogP contribution in [0.15, 0.2) is 12.4 Å². The Balaban J connectivity index is 2.46. The molecule has 0 spiro atoms. The summed E-state index contributed by atoms with van der Waals surface area (Å²) in [4.78, 5) is 6.97. The molecule has 3 rings (SSSR count). The largest absolute Gasteiger partial charge is 0.294 e. The van der Waals surface area contributed by atoms with Crippen LogP contribution >= 0.6 is 11.3 Å². The molecule has 0 aliphatic heterocycles. The van der Waals surface area contributed by atoms with Crippen molar-refractivity contribution in [3.8, 4) is 0 Å². The number of thiazole rings is 1. The molecule has 11 heavy (non-hydrogen) atoms. The molecule has 0 atom stereocenters. The van der Waals surface area contributed by atoms with E-state index in [1.54, 1.807) is 4.88 Å². The molecule has 0 unspecified atom stereocenters. The Morgan fingerprint density at radius 2 is 2.45 bits per heavy atom. The summed E-state index contributed by atoms with van der Waals surface area (Å²) in [6, 6.07) is 0. The van der Waals surface area contributed by atoms with Crippen LogP contribution in [0.5, 0.6) is 0 Å². The van der Waals surface area contributed by atoms with E-state index in [-0.39, 0.29) is 0 Å². The van der Waals surface area contributed by atoms with Crippen LogP contribution in [0.4, 0.5) is 0 Å². The smallest absolute Gasteiger partial charge is 0.194 e. The van der Waals surface area contributed by atoms with Gasteiger partial charge in [0.2, 0.25) is 0 Å². The monoisotopic (exact) mass is 164 g/mol. The van der Waals surface area contributed by atoms with Gasteiger partial charge in [-0.2, -0.15) is 0 Å². The molecule has 0 N–H and O–H groups in total.